The lowest BCUT2D eigenvalue weighted by Crippen LogP contribution is -2.52. The fourth-order valence-corrected chi connectivity index (χ4v) is 2.21. The number of urea groups is 1. The first-order valence-electron chi connectivity index (χ1n) is 6.17. The second-order valence-corrected chi connectivity index (χ2v) is 4.51. The van der Waals surface area contributed by atoms with E-state index in [9.17, 15) is 9.59 Å². The molecule has 0 saturated carbocycles. The van der Waals surface area contributed by atoms with E-state index < -0.39 is 6.03 Å². The highest BCUT2D eigenvalue weighted by molar-refractivity contribution is 5.94. The Morgan fingerprint density at radius 2 is 2.00 bits per heavy atom. The maximum Gasteiger partial charge on any atom is 0.318 e. The Labute approximate surface area is 107 Å². The molecule has 5 N–H and O–H groups in total. The Kier molecular flexibility index (Phi) is 5.52. The molecule has 3 amide bonds. The van der Waals surface area contributed by atoms with Crippen LogP contribution >= 0.6 is 0 Å². The summed E-state index contributed by atoms with van der Waals surface area (Å²) in [5, 5.41) is 2.05. The fraction of sp³-hybridized carbons (Fsp3) is 0.818. The minimum Gasteiger partial charge on any atom is -0.374 e. The normalized spacial score (nSPS) is 19.4. The van der Waals surface area contributed by atoms with Gasteiger partial charge in [-0.25, -0.2) is 4.79 Å². The number of hydrogen-bond acceptors (Lipinski definition) is 5. The summed E-state index contributed by atoms with van der Waals surface area (Å²) in [4.78, 5) is 23.9. The second kappa shape index (κ2) is 6.67. The van der Waals surface area contributed by atoms with E-state index >= 15 is 0 Å². The summed E-state index contributed by atoms with van der Waals surface area (Å²) < 4.78 is 5.71. The summed E-state index contributed by atoms with van der Waals surface area (Å²) in [6.07, 6.45) is 1.59. The first-order chi connectivity index (χ1) is 8.51. The van der Waals surface area contributed by atoms with Crippen LogP contribution in [-0.4, -0.2) is 55.2 Å². The average molecular weight is 258 g/mol. The molecule has 1 rings (SSSR count). The number of nitrogens with one attached hydrogen (secondary N) is 1. The van der Waals surface area contributed by atoms with Crippen molar-refractivity contribution >= 4 is 11.9 Å². The van der Waals surface area contributed by atoms with Crippen LogP contribution in [-0.2, 0) is 9.53 Å². The molecule has 0 aromatic heterocycles. The van der Waals surface area contributed by atoms with Crippen molar-refractivity contribution in [3.05, 3.63) is 0 Å². The Morgan fingerprint density at radius 1 is 1.39 bits per heavy atom. The monoisotopic (exact) mass is 258 g/mol. The van der Waals surface area contributed by atoms with Crippen molar-refractivity contribution in [3.8, 4) is 0 Å². The van der Waals surface area contributed by atoms with Crippen LogP contribution in [0.25, 0.3) is 0 Å². The molecule has 7 nitrogen and oxygen atoms in total. The van der Waals surface area contributed by atoms with Gasteiger partial charge in [0.1, 0.15) is 0 Å². The van der Waals surface area contributed by atoms with Crippen LogP contribution < -0.4 is 16.8 Å². The van der Waals surface area contributed by atoms with Gasteiger partial charge in [-0.1, -0.05) is 0 Å². The molecule has 1 saturated heterocycles. The minimum atomic E-state index is -0.817. The highest BCUT2D eigenvalue weighted by atomic mass is 16.5. The number of carbonyl (C=O) groups excluding carboxylic acids is 2. The maximum absolute atomic E-state index is 11.4. The summed E-state index contributed by atoms with van der Waals surface area (Å²) in [5.74, 6) is -0.376. The van der Waals surface area contributed by atoms with Gasteiger partial charge in [-0.3, -0.25) is 15.0 Å². The number of piperidine rings is 1. The van der Waals surface area contributed by atoms with Crippen LogP contribution in [0.15, 0.2) is 0 Å². The minimum absolute atomic E-state index is 0.176. The lowest BCUT2D eigenvalue weighted by Gasteiger charge is -2.40. The molecule has 0 radical (unpaired) electrons. The van der Waals surface area contributed by atoms with Crippen molar-refractivity contribution in [1.29, 1.82) is 0 Å². The predicted molar refractivity (Wildman–Crippen MR) is 66.8 cm³/mol. The number of rotatable bonds is 5. The van der Waals surface area contributed by atoms with Crippen molar-refractivity contribution < 1.29 is 14.3 Å². The van der Waals surface area contributed by atoms with Gasteiger partial charge in [0.2, 0.25) is 5.91 Å². The van der Waals surface area contributed by atoms with Gasteiger partial charge in [0, 0.05) is 26.2 Å². The van der Waals surface area contributed by atoms with Crippen LogP contribution in [0.4, 0.5) is 4.79 Å². The fourth-order valence-electron chi connectivity index (χ4n) is 2.21. The van der Waals surface area contributed by atoms with Gasteiger partial charge in [-0.05, 0) is 19.8 Å². The summed E-state index contributed by atoms with van der Waals surface area (Å²) in [5.41, 5.74) is 10.4. The van der Waals surface area contributed by atoms with E-state index in [2.05, 4.69) is 5.32 Å². The third-order valence-corrected chi connectivity index (χ3v) is 3.22. The van der Waals surface area contributed by atoms with Gasteiger partial charge < -0.3 is 16.2 Å². The van der Waals surface area contributed by atoms with Gasteiger partial charge >= 0.3 is 6.03 Å². The SMILES string of the molecule is CCOC1(CN)CCN(CC(=O)NC(N)=O)CC1. The van der Waals surface area contributed by atoms with Gasteiger partial charge in [-0.2, -0.15) is 0 Å². The van der Waals surface area contributed by atoms with E-state index in [1.807, 2.05) is 11.8 Å². The lowest BCUT2D eigenvalue weighted by molar-refractivity contribution is -0.123. The van der Waals surface area contributed by atoms with Gasteiger partial charge in [0.05, 0.1) is 12.1 Å². The third-order valence-electron chi connectivity index (χ3n) is 3.22. The molecule has 1 heterocycles. The lowest BCUT2D eigenvalue weighted by atomic mass is 9.91. The largest absolute Gasteiger partial charge is 0.374 e. The van der Waals surface area contributed by atoms with Crippen molar-refractivity contribution in [1.82, 2.24) is 10.2 Å². The predicted octanol–water partition coefficient (Wildman–Crippen LogP) is -0.989. The van der Waals surface area contributed by atoms with Crippen molar-refractivity contribution in [2.75, 3.05) is 32.8 Å². The third kappa shape index (κ3) is 4.25. The standard InChI is InChI=1S/C11H22N4O3/c1-2-18-11(8-12)3-5-15(6-4-11)7-9(16)14-10(13)17/h2-8,12H2,1H3,(H3,13,14,16,17). The number of nitrogens with zero attached hydrogens (tertiary/aromatic N) is 1. The molecule has 1 aliphatic rings. The van der Waals surface area contributed by atoms with E-state index in [1.165, 1.54) is 0 Å². The molecule has 0 bridgehead atoms. The topological polar surface area (TPSA) is 111 Å². The quantitative estimate of drug-likeness (QED) is 0.586. The molecule has 0 aromatic rings. The molecule has 18 heavy (non-hydrogen) atoms. The number of primary amides is 1. The molecule has 7 heteroatoms. The number of likely N-dealkylation sites (tertiary alicyclic amines) is 1. The molecular weight excluding hydrogens is 236 g/mol. The smallest absolute Gasteiger partial charge is 0.318 e. The molecule has 0 spiro atoms. The summed E-state index contributed by atoms with van der Waals surface area (Å²) in [6, 6.07) is -0.817. The Bertz CT molecular complexity index is 301. The Hall–Kier alpha value is -1.18. The van der Waals surface area contributed by atoms with Crippen LogP contribution in [0.5, 0.6) is 0 Å². The number of carbonyl (C=O) groups is 2. The zero-order chi connectivity index (χ0) is 13.6. The molecule has 104 valence electrons. The number of nitrogens with two attached hydrogens (primary N) is 2. The summed E-state index contributed by atoms with van der Waals surface area (Å²) in [6.45, 7) is 4.70. The van der Waals surface area contributed by atoms with Crippen molar-refractivity contribution in [3.63, 3.8) is 0 Å². The number of ether oxygens (including phenoxy) is 1. The van der Waals surface area contributed by atoms with E-state index in [0.717, 1.165) is 25.9 Å². The number of imide groups is 1. The van der Waals surface area contributed by atoms with E-state index in [1.54, 1.807) is 0 Å². The van der Waals surface area contributed by atoms with E-state index in [0.29, 0.717) is 13.2 Å². The molecule has 1 aliphatic heterocycles. The summed E-state index contributed by atoms with van der Waals surface area (Å²) in [7, 11) is 0. The molecule has 0 unspecified atom stereocenters. The van der Waals surface area contributed by atoms with Crippen molar-refractivity contribution in [2.45, 2.75) is 25.4 Å². The molecule has 1 fully saturated rings. The maximum atomic E-state index is 11.4. The van der Waals surface area contributed by atoms with Crippen LogP contribution in [0.1, 0.15) is 19.8 Å². The molecule has 0 atom stereocenters. The van der Waals surface area contributed by atoms with Gasteiger partial charge in [0.15, 0.2) is 0 Å². The molecule has 0 aliphatic carbocycles. The van der Waals surface area contributed by atoms with E-state index in [-0.39, 0.29) is 18.1 Å². The van der Waals surface area contributed by atoms with Crippen LogP contribution in [0.2, 0.25) is 0 Å². The zero-order valence-electron chi connectivity index (χ0n) is 10.8. The molecule has 0 aromatic carbocycles. The number of amides is 3. The Morgan fingerprint density at radius 3 is 2.44 bits per heavy atom. The highest BCUT2D eigenvalue weighted by Crippen LogP contribution is 2.25. The second-order valence-electron chi connectivity index (χ2n) is 4.51. The van der Waals surface area contributed by atoms with Gasteiger partial charge in [-0.15, -0.1) is 0 Å². The Balaban J connectivity index is 2.39. The number of hydrogen-bond donors (Lipinski definition) is 3. The van der Waals surface area contributed by atoms with Crippen LogP contribution in [0, 0.1) is 0 Å². The zero-order valence-corrected chi connectivity index (χ0v) is 10.8. The average Bonchev–Trinajstić information content (AvgIpc) is 2.31. The first kappa shape index (κ1) is 14.9. The van der Waals surface area contributed by atoms with E-state index in [4.69, 9.17) is 16.2 Å². The molecular formula is C11H22N4O3. The highest BCUT2D eigenvalue weighted by Gasteiger charge is 2.34. The van der Waals surface area contributed by atoms with Crippen LogP contribution in [0.3, 0.4) is 0 Å². The van der Waals surface area contributed by atoms with Gasteiger partial charge in [0.25, 0.3) is 0 Å². The summed E-state index contributed by atoms with van der Waals surface area (Å²) >= 11 is 0. The van der Waals surface area contributed by atoms with Crippen molar-refractivity contribution in [2.24, 2.45) is 11.5 Å². The first-order valence-corrected chi connectivity index (χ1v) is 6.17.